The van der Waals surface area contributed by atoms with Crippen molar-refractivity contribution >= 4 is 17.7 Å². The van der Waals surface area contributed by atoms with Crippen LogP contribution in [-0.4, -0.2) is 21.8 Å². The first-order chi connectivity index (χ1) is 10.6. The number of thioether (sulfide) groups is 1. The maximum atomic E-state index is 12.5. The van der Waals surface area contributed by atoms with Crippen molar-refractivity contribution in [1.29, 1.82) is 0 Å². The maximum Gasteiger partial charge on any atom is 0.290 e. The van der Waals surface area contributed by atoms with Gasteiger partial charge in [0.1, 0.15) is 5.03 Å². The highest BCUT2D eigenvalue weighted by atomic mass is 32.2. The van der Waals surface area contributed by atoms with E-state index in [4.69, 9.17) is 0 Å². The van der Waals surface area contributed by atoms with Crippen LogP contribution in [0.15, 0.2) is 47.6 Å². The standard InChI is InChI=1S/C15H14F2N2O2S/c16-15(17)22-14-12(6-3-7-18-14)13(21)19-8-10-4-1-2-5-11(10)9-20/h1-7,15,20H,8-9H2,(H,19,21). The van der Waals surface area contributed by atoms with E-state index in [1.165, 1.54) is 18.3 Å². The molecule has 2 N–H and O–H groups in total. The zero-order valence-electron chi connectivity index (χ0n) is 11.5. The first-order valence-corrected chi connectivity index (χ1v) is 7.35. The molecule has 116 valence electrons. The summed E-state index contributed by atoms with van der Waals surface area (Å²) < 4.78 is 25.0. The molecular weight excluding hydrogens is 310 g/mol. The highest BCUT2D eigenvalue weighted by molar-refractivity contribution is 7.99. The Balaban J connectivity index is 2.10. The Bertz CT molecular complexity index is 653. The summed E-state index contributed by atoms with van der Waals surface area (Å²) in [7, 11) is 0. The molecule has 7 heteroatoms. The lowest BCUT2D eigenvalue weighted by Gasteiger charge is -2.10. The lowest BCUT2D eigenvalue weighted by Crippen LogP contribution is -2.24. The summed E-state index contributed by atoms with van der Waals surface area (Å²) in [5, 5.41) is 11.9. The van der Waals surface area contributed by atoms with Crippen molar-refractivity contribution in [1.82, 2.24) is 10.3 Å². The molecule has 0 spiro atoms. The molecule has 0 fully saturated rings. The average molecular weight is 324 g/mol. The highest BCUT2D eigenvalue weighted by Crippen LogP contribution is 2.26. The van der Waals surface area contributed by atoms with Crippen molar-refractivity contribution in [3.8, 4) is 0 Å². The zero-order valence-corrected chi connectivity index (χ0v) is 12.3. The minimum absolute atomic E-state index is 0.00885. The van der Waals surface area contributed by atoms with E-state index in [1.54, 1.807) is 24.3 Å². The summed E-state index contributed by atoms with van der Waals surface area (Å²) in [6, 6.07) is 10.1. The van der Waals surface area contributed by atoms with Gasteiger partial charge in [-0.2, -0.15) is 8.78 Å². The van der Waals surface area contributed by atoms with Gasteiger partial charge in [0, 0.05) is 12.7 Å². The second-order valence-corrected chi connectivity index (χ2v) is 5.32. The quantitative estimate of drug-likeness (QED) is 0.802. The number of carbonyl (C=O) groups is 1. The molecule has 0 saturated carbocycles. The van der Waals surface area contributed by atoms with Crippen LogP contribution in [0.5, 0.6) is 0 Å². The molecule has 2 aromatic rings. The van der Waals surface area contributed by atoms with Crippen LogP contribution >= 0.6 is 11.8 Å². The number of aliphatic hydroxyl groups excluding tert-OH is 1. The molecule has 1 aromatic heterocycles. The number of benzene rings is 1. The Hall–Kier alpha value is -1.99. The molecule has 1 amide bonds. The van der Waals surface area contributed by atoms with Gasteiger partial charge in [-0.25, -0.2) is 4.98 Å². The van der Waals surface area contributed by atoms with Crippen molar-refractivity contribution in [3.05, 3.63) is 59.3 Å². The number of amides is 1. The first kappa shape index (κ1) is 16.4. The van der Waals surface area contributed by atoms with Crippen LogP contribution in [0.2, 0.25) is 0 Å². The Kier molecular flexibility index (Phi) is 5.85. The summed E-state index contributed by atoms with van der Waals surface area (Å²) >= 11 is 0.237. The summed E-state index contributed by atoms with van der Waals surface area (Å²) in [4.78, 5) is 16.0. The summed E-state index contributed by atoms with van der Waals surface area (Å²) in [6.07, 6.45) is 1.36. The van der Waals surface area contributed by atoms with Gasteiger partial charge in [-0.15, -0.1) is 0 Å². The molecule has 22 heavy (non-hydrogen) atoms. The Morgan fingerprint density at radius 1 is 1.23 bits per heavy atom. The van der Waals surface area contributed by atoms with Crippen LogP contribution < -0.4 is 5.32 Å². The van der Waals surface area contributed by atoms with Gasteiger partial charge >= 0.3 is 0 Å². The van der Waals surface area contributed by atoms with Crippen molar-refractivity contribution in [3.63, 3.8) is 0 Å². The zero-order chi connectivity index (χ0) is 15.9. The van der Waals surface area contributed by atoms with Gasteiger partial charge in [-0.3, -0.25) is 4.79 Å². The Morgan fingerprint density at radius 2 is 1.95 bits per heavy atom. The molecule has 2 rings (SSSR count). The predicted octanol–water partition coefficient (Wildman–Crippen LogP) is 2.82. The number of carbonyl (C=O) groups excluding carboxylic acids is 1. The lowest BCUT2D eigenvalue weighted by atomic mass is 10.1. The van der Waals surface area contributed by atoms with Gasteiger partial charge in [0.2, 0.25) is 0 Å². The van der Waals surface area contributed by atoms with Gasteiger partial charge in [0.25, 0.3) is 11.7 Å². The number of alkyl halides is 2. The fraction of sp³-hybridized carbons (Fsp3) is 0.200. The number of rotatable bonds is 6. The number of nitrogens with zero attached hydrogens (tertiary/aromatic N) is 1. The number of aliphatic hydroxyl groups is 1. The molecular formula is C15H14F2N2O2S. The van der Waals surface area contributed by atoms with E-state index in [9.17, 15) is 18.7 Å². The van der Waals surface area contributed by atoms with E-state index in [2.05, 4.69) is 10.3 Å². The molecule has 0 atom stereocenters. The average Bonchev–Trinajstić information content (AvgIpc) is 2.52. The van der Waals surface area contributed by atoms with Gasteiger partial charge < -0.3 is 10.4 Å². The third-order valence-corrected chi connectivity index (χ3v) is 3.67. The third kappa shape index (κ3) is 4.25. The predicted molar refractivity (Wildman–Crippen MR) is 79.6 cm³/mol. The fourth-order valence-electron chi connectivity index (χ4n) is 1.90. The molecule has 0 saturated heterocycles. The van der Waals surface area contributed by atoms with Gasteiger partial charge in [0.15, 0.2) is 0 Å². The fourth-order valence-corrected chi connectivity index (χ4v) is 2.48. The number of halogens is 2. The molecule has 0 bridgehead atoms. The number of aromatic nitrogens is 1. The minimum Gasteiger partial charge on any atom is -0.392 e. The maximum absolute atomic E-state index is 12.5. The van der Waals surface area contributed by atoms with Crippen molar-refractivity contribution in [2.45, 2.75) is 23.9 Å². The number of hydrogen-bond donors (Lipinski definition) is 2. The molecule has 0 aliphatic heterocycles. The highest BCUT2D eigenvalue weighted by Gasteiger charge is 2.16. The number of hydrogen-bond acceptors (Lipinski definition) is 4. The summed E-state index contributed by atoms with van der Waals surface area (Å²) in [6.45, 7) is 0.0642. The van der Waals surface area contributed by atoms with E-state index in [0.717, 1.165) is 5.56 Å². The SMILES string of the molecule is O=C(NCc1ccccc1CO)c1cccnc1SC(F)F. The molecule has 4 nitrogen and oxygen atoms in total. The number of pyridine rings is 1. The van der Waals surface area contributed by atoms with Crippen LogP contribution in [0.25, 0.3) is 0 Å². The molecule has 0 radical (unpaired) electrons. The van der Waals surface area contributed by atoms with E-state index >= 15 is 0 Å². The first-order valence-electron chi connectivity index (χ1n) is 6.47. The smallest absolute Gasteiger partial charge is 0.290 e. The Labute approximate surface area is 130 Å². The van der Waals surface area contributed by atoms with Crippen LogP contribution in [0.1, 0.15) is 21.5 Å². The van der Waals surface area contributed by atoms with E-state index in [-0.39, 0.29) is 35.5 Å². The molecule has 1 aromatic carbocycles. The summed E-state index contributed by atoms with van der Waals surface area (Å²) in [5.74, 6) is -3.12. The second-order valence-electron chi connectivity index (χ2n) is 4.34. The molecule has 1 heterocycles. The normalized spacial score (nSPS) is 10.7. The lowest BCUT2D eigenvalue weighted by molar-refractivity contribution is 0.0947. The van der Waals surface area contributed by atoms with Crippen molar-refractivity contribution < 1.29 is 18.7 Å². The van der Waals surface area contributed by atoms with Gasteiger partial charge in [0.05, 0.1) is 12.2 Å². The van der Waals surface area contributed by atoms with Gasteiger partial charge in [-0.1, -0.05) is 24.3 Å². The van der Waals surface area contributed by atoms with Crippen LogP contribution in [0.3, 0.4) is 0 Å². The van der Waals surface area contributed by atoms with Crippen molar-refractivity contribution in [2.75, 3.05) is 0 Å². The van der Waals surface area contributed by atoms with Crippen LogP contribution in [-0.2, 0) is 13.2 Å². The van der Waals surface area contributed by atoms with Crippen molar-refractivity contribution in [2.24, 2.45) is 0 Å². The van der Waals surface area contributed by atoms with Gasteiger partial charge in [-0.05, 0) is 35.0 Å². The van der Waals surface area contributed by atoms with E-state index < -0.39 is 11.7 Å². The van der Waals surface area contributed by atoms with Crippen LogP contribution in [0.4, 0.5) is 8.78 Å². The Morgan fingerprint density at radius 3 is 2.64 bits per heavy atom. The topological polar surface area (TPSA) is 62.2 Å². The monoisotopic (exact) mass is 324 g/mol. The summed E-state index contributed by atoms with van der Waals surface area (Å²) in [5.41, 5.74) is 1.58. The molecule has 0 unspecified atom stereocenters. The molecule has 0 aliphatic carbocycles. The van der Waals surface area contributed by atoms with E-state index in [1.807, 2.05) is 0 Å². The minimum atomic E-state index is -2.64. The second kappa shape index (κ2) is 7.86. The number of nitrogens with one attached hydrogen (secondary N) is 1. The third-order valence-electron chi connectivity index (χ3n) is 2.94. The largest absolute Gasteiger partial charge is 0.392 e. The van der Waals surface area contributed by atoms with Crippen LogP contribution in [0, 0.1) is 0 Å². The molecule has 0 aliphatic rings. The van der Waals surface area contributed by atoms with E-state index in [0.29, 0.717) is 5.56 Å².